The summed E-state index contributed by atoms with van der Waals surface area (Å²) in [6.07, 6.45) is 1.18. The molecule has 0 bridgehead atoms. The van der Waals surface area contributed by atoms with E-state index in [1.54, 1.807) is 15.9 Å². The van der Waals surface area contributed by atoms with Crippen LogP contribution >= 0.6 is 0 Å². The van der Waals surface area contributed by atoms with Crippen molar-refractivity contribution in [2.45, 2.75) is 6.54 Å². The SMILES string of the molecule is O=C(O)c1cn(CC(=O)N2CCN(C(=O)c3cccc(F)c3)CC2)nn1. The number of benzene rings is 1. The predicted molar refractivity (Wildman–Crippen MR) is 85.9 cm³/mol. The molecule has 9 nitrogen and oxygen atoms in total. The van der Waals surface area contributed by atoms with Crippen LogP contribution in [0, 0.1) is 5.82 Å². The fourth-order valence-corrected chi connectivity index (χ4v) is 2.68. The molecule has 0 saturated carbocycles. The number of carbonyl (C=O) groups is 3. The van der Waals surface area contributed by atoms with Crippen LogP contribution in [0.4, 0.5) is 4.39 Å². The highest BCUT2D eigenvalue weighted by Gasteiger charge is 2.25. The van der Waals surface area contributed by atoms with Crippen LogP contribution in [0.5, 0.6) is 0 Å². The highest BCUT2D eigenvalue weighted by Crippen LogP contribution is 2.11. The number of halogens is 1. The van der Waals surface area contributed by atoms with Gasteiger partial charge in [0, 0.05) is 31.7 Å². The zero-order valence-corrected chi connectivity index (χ0v) is 13.7. The summed E-state index contributed by atoms with van der Waals surface area (Å²) in [5.74, 6) is -2.21. The molecule has 1 saturated heterocycles. The molecule has 2 aromatic rings. The van der Waals surface area contributed by atoms with Gasteiger partial charge in [-0.2, -0.15) is 0 Å². The summed E-state index contributed by atoms with van der Waals surface area (Å²) in [5, 5.41) is 15.9. The first-order valence-corrected chi connectivity index (χ1v) is 7.90. The lowest BCUT2D eigenvalue weighted by Crippen LogP contribution is -2.51. The number of nitrogens with zero attached hydrogens (tertiary/aromatic N) is 5. The van der Waals surface area contributed by atoms with Gasteiger partial charge in [-0.15, -0.1) is 5.10 Å². The lowest BCUT2D eigenvalue weighted by atomic mass is 10.1. The Balaban J connectivity index is 1.55. The van der Waals surface area contributed by atoms with Crippen LogP contribution in [0.2, 0.25) is 0 Å². The van der Waals surface area contributed by atoms with Crippen molar-refractivity contribution in [2.24, 2.45) is 0 Å². The number of carboxylic acid groups (broad SMARTS) is 1. The second kappa shape index (κ2) is 7.30. The van der Waals surface area contributed by atoms with Crippen molar-refractivity contribution in [1.29, 1.82) is 0 Å². The average molecular weight is 361 g/mol. The zero-order valence-electron chi connectivity index (χ0n) is 13.7. The van der Waals surface area contributed by atoms with Gasteiger partial charge in [0.05, 0.1) is 6.20 Å². The van der Waals surface area contributed by atoms with Gasteiger partial charge in [-0.1, -0.05) is 11.3 Å². The van der Waals surface area contributed by atoms with Crippen LogP contribution in [-0.2, 0) is 11.3 Å². The van der Waals surface area contributed by atoms with E-state index in [4.69, 9.17) is 5.11 Å². The van der Waals surface area contributed by atoms with Crippen LogP contribution in [-0.4, -0.2) is 73.9 Å². The lowest BCUT2D eigenvalue weighted by Gasteiger charge is -2.34. The zero-order chi connectivity index (χ0) is 18.7. The molecule has 1 aliphatic rings. The maximum atomic E-state index is 13.2. The third-order valence-corrected chi connectivity index (χ3v) is 4.05. The highest BCUT2D eigenvalue weighted by molar-refractivity contribution is 5.94. The van der Waals surface area contributed by atoms with Gasteiger partial charge in [0.2, 0.25) is 5.91 Å². The van der Waals surface area contributed by atoms with Crippen LogP contribution in [0.1, 0.15) is 20.8 Å². The molecule has 136 valence electrons. The Bertz CT molecular complexity index is 845. The predicted octanol–water partition coefficient (Wildman–Crippen LogP) is 0.1000. The van der Waals surface area contributed by atoms with E-state index in [2.05, 4.69) is 10.3 Å². The fraction of sp³-hybridized carbons (Fsp3) is 0.312. The van der Waals surface area contributed by atoms with Crippen molar-refractivity contribution >= 4 is 17.8 Å². The molecule has 0 aliphatic carbocycles. The molecule has 0 atom stereocenters. The number of rotatable bonds is 4. The summed E-state index contributed by atoms with van der Waals surface area (Å²) in [7, 11) is 0. The summed E-state index contributed by atoms with van der Waals surface area (Å²) in [5.41, 5.74) is 0.0388. The van der Waals surface area contributed by atoms with Gasteiger partial charge in [0.15, 0.2) is 5.69 Å². The third kappa shape index (κ3) is 3.85. The minimum atomic E-state index is -1.21. The van der Waals surface area contributed by atoms with Gasteiger partial charge in [-0.25, -0.2) is 13.9 Å². The normalized spacial score (nSPS) is 14.3. The Morgan fingerprint density at radius 2 is 1.81 bits per heavy atom. The first kappa shape index (κ1) is 17.5. The minimum absolute atomic E-state index is 0.127. The molecule has 10 heteroatoms. The summed E-state index contributed by atoms with van der Waals surface area (Å²) < 4.78 is 14.4. The van der Waals surface area contributed by atoms with Crippen molar-refractivity contribution in [3.8, 4) is 0 Å². The van der Waals surface area contributed by atoms with Crippen molar-refractivity contribution in [1.82, 2.24) is 24.8 Å². The molecular weight excluding hydrogens is 345 g/mol. The first-order chi connectivity index (χ1) is 12.4. The molecule has 2 amide bonds. The Kier molecular flexibility index (Phi) is 4.92. The van der Waals surface area contributed by atoms with Crippen LogP contribution in [0.15, 0.2) is 30.5 Å². The fourth-order valence-electron chi connectivity index (χ4n) is 2.68. The quantitative estimate of drug-likeness (QED) is 0.827. The van der Waals surface area contributed by atoms with E-state index in [0.717, 1.165) is 4.68 Å². The molecule has 0 spiro atoms. The van der Waals surface area contributed by atoms with E-state index in [0.29, 0.717) is 26.2 Å². The average Bonchev–Trinajstić information content (AvgIpc) is 3.10. The number of carbonyl (C=O) groups excluding carboxylic acids is 2. The summed E-state index contributed by atoms with van der Waals surface area (Å²) in [6.45, 7) is 1.20. The molecular formula is C16H16FN5O4. The van der Waals surface area contributed by atoms with Gasteiger partial charge in [-0.05, 0) is 18.2 Å². The molecule has 1 aromatic heterocycles. The lowest BCUT2D eigenvalue weighted by molar-refractivity contribution is -0.133. The number of piperazine rings is 1. The number of hydrogen-bond donors (Lipinski definition) is 1. The molecule has 2 heterocycles. The largest absolute Gasteiger partial charge is 0.476 e. The Morgan fingerprint density at radius 3 is 2.42 bits per heavy atom. The van der Waals surface area contributed by atoms with Crippen molar-refractivity contribution in [3.63, 3.8) is 0 Å². The maximum absolute atomic E-state index is 13.2. The number of aromatic nitrogens is 3. The number of carboxylic acids is 1. The smallest absolute Gasteiger partial charge is 0.358 e. The summed E-state index contributed by atoms with van der Waals surface area (Å²) >= 11 is 0. The molecule has 1 aromatic carbocycles. The van der Waals surface area contributed by atoms with Crippen LogP contribution < -0.4 is 0 Å². The van der Waals surface area contributed by atoms with Gasteiger partial charge in [0.25, 0.3) is 5.91 Å². The first-order valence-electron chi connectivity index (χ1n) is 7.90. The molecule has 0 unspecified atom stereocenters. The van der Waals surface area contributed by atoms with E-state index < -0.39 is 11.8 Å². The van der Waals surface area contributed by atoms with Gasteiger partial charge < -0.3 is 14.9 Å². The summed E-state index contributed by atoms with van der Waals surface area (Å²) in [4.78, 5) is 38.5. The molecule has 26 heavy (non-hydrogen) atoms. The van der Waals surface area contributed by atoms with Crippen molar-refractivity contribution in [3.05, 3.63) is 47.5 Å². The van der Waals surface area contributed by atoms with E-state index in [-0.39, 0.29) is 29.6 Å². The van der Waals surface area contributed by atoms with Crippen molar-refractivity contribution in [2.75, 3.05) is 26.2 Å². The minimum Gasteiger partial charge on any atom is -0.476 e. The maximum Gasteiger partial charge on any atom is 0.358 e. The second-order valence-electron chi connectivity index (χ2n) is 5.79. The molecule has 1 fully saturated rings. The topological polar surface area (TPSA) is 109 Å². The number of hydrogen-bond acceptors (Lipinski definition) is 5. The van der Waals surface area contributed by atoms with Gasteiger partial charge in [0.1, 0.15) is 12.4 Å². The van der Waals surface area contributed by atoms with Gasteiger partial charge in [-0.3, -0.25) is 9.59 Å². The monoisotopic (exact) mass is 361 g/mol. The van der Waals surface area contributed by atoms with Crippen LogP contribution in [0.25, 0.3) is 0 Å². The number of aromatic carboxylic acids is 1. The van der Waals surface area contributed by atoms with Crippen molar-refractivity contribution < 1.29 is 23.9 Å². The van der Waals surface area contributed by atoms with E-state index >= 15 is 0 Å². The molecule has 1 N–H and O–H groups in total. The van der Waals surface area contributed by atoms with Gasteiger partial charge >= 0.3 is 5.97 Å². The highest BCUT2D eigenvalue weighted by atomic mass is 19.1. The summed E-state index contributed by atoms with van der Waals surface area (Å²) in [6, 6.07) is 5.48. The Morgan fingerprint density at radius 1 is 1.12 bits per heavy atom. The van der Waals surface area contributed by atoms with E-state index in [1.807, 2.05) is 0 Å². The molecule has 3 rings (SSSR count). The third-order valence-electron chi connectivity index (χ3n) is 4.05. The Labute approximate surface area is 147 Å². The van der Waals surface area contributed by atoms with E-state index in [1.165, 1.54) is 24.4 Å². The number of amides is 2. The van der Waals surface area contributed by atoms with E-state index in [9.17, 15) is 18.8 Å². The molecule has 0 radical (unpaired) electrons. The Hall–Kier alpha value is -3.30. The molecule has 1 aliphatic heterocycles. The standard InChI is InChI=1S/C16H16FN5O4/c17-12-3-1-2-11(8-12)15(24)21-6-4-20(5-7-21)14(23)10-22-9-13(16(25)26)18-19-22/h1-3,8-9H,4-7,10H2,(H,25,26). The second-order valence-corrected chi connectivity index (χ2v) is 5.79. The van der Waals surface area contributed by atoms with Crippen LogP contribution in [0.3, 0.4) is 0 Å².